The summed E-state index contributed by atoms with van der Waals surface area (Å²) in [7, 11) is 0. The molecule has 0 radical (unpaired) electrons. The van der Waals surface area contributed by atoms with Gasteiger partial charge in [-0.25, -0.2) is 4.79 Å². The molecule has 2 fully saturated rings. The molecule has 1 aliphatic heterocycles. The Balaban J connectivity index is 1.64. The highest BCUT2D eigenvalue weighted by atomic mass is 16.6. The minimum atomic E-state index is -0.901. The number of hydrogen-bond donors (Lipinski definition) is 2. The molecular formula is C26H42N2O4. The molecule has 0 bridgehead atoms. The van der Waals surface area contributed by atoms with Gasteiger partial charge in [-0.1, -0.05) is 62.4 Å². The van der Waals surface area contributed by atoms with E-state index in [0.29, 0.717) is 13.0 Å². The summed E-state index contributed by atoms with van der Waals surface area (Å²) in [6.07, 6.45) is 7.88. The largest absolute Gasteiger partial charge is 0.444 e. The maximum atomic E-state index is 13.1. The number of benzene rings is 1. The SMILES string of the molecule is CC(C)(C)OC(=O)N1C[C@H](CCC2CCCCC2)OC[C@@H]1[C@@H](O)[C@@H](N)Cc1ccccc1. The lowest BCUT2D eigenvalue weighted by atomic mass is 9.85. The lowest BCUT2D eigenvalue weighted by molar-refractivity contribution is -0.105. The first kappa shape index (κ1) is 25.0. The van der Waals surface area contributed by atoms with Crippen molar-refractivity contribution >= 4 is 6.09 Å². The zero-order valence-corrected chi connectivity index (χ0v) is 20.0. The predicted molar refractivity (Wildman–Crippen MR) is 126 cm³/mol. The Morgan fingerprint density at radius 3 is 2.53 bits per heavy atom. The van der Waals surface area contributed by atoms with E-state index in [-0.39, 0.29) is 12.7 Å². The molecule has 180 valence electrons. The Labute approximate surface area is 193 Å². The van der Waals surface area contributed by atoms with Crippen molar-refractivity contribution in [3.63, 3.8) is 0 Å². The quantitative estimate of drug-likeness (QED) is 0.653. The fraction of sp³-hybridized carbons (Fsp3) is 0.731. The highest BCUT2D eigenvalue weighted by Crippen LogP contribution is 2.30. The van der Waals surface area contributed by atoms with Gasteiger partial charge < -0.3 is 20.3 Å². The van der Waals surface area contributed by atoms with Gasteiger partial charge in [-0.2, -0.15) is 0 Å². The third-order valence-corrected chi connectivity index (χ3v) is 6.70. The molecule has 4 atom stereocenters. The maximum Gasteiger partial charge on any atom is 0.410 e. The molecule has 1 saturated carbocycles. The zero-order valence-electron chi connectivity index (χ0n) is 20.0. The lowest BCUT2D eigenvalue weighted by Gasteiger charge is -2.43. The standard InChI is InChI=1S/C26H42N2O4/c1-26(2,3)32-25(30)28-17-21(15-14-19-10-6-4-7-11-19)31-18-23(28)24(29)22(27)16-20-12-8-5-9-13-20/h5,8-9,12-13,19,21-24,29H,4,6-7,10-11,14-18,27H2,1-3H3/t21-,22-,23+,24-/m0/s1. The Morgan fingerprint density at radius 1 is 1.19 bits per heavy atom. The molecule has 6 heteroatoms. The van der Waals surface area contributed by atoms with Crippen LogP contribution in [-0.2, 0) is 15.9 Å². The number of nitrogens with two attached hydrogens (primary N) is 1. The number of carbonyl (C=O) groups is 1. The molecule has 0 aromatic heterocycles. The average molecular weight is 447 g/mol. The second-order valence-electron chi connectivity index (χ2n) is 10.6. The van der Waals surface area contributed by atoms with Crippen LogP contribution in [0.25, 0.3) is 0 Å². The monoisotopic (exact) mass is 446 g/mol. The molecule has 1 amide bonds. The Morgan fingerprint density at radius 2 is 1.88 bits per heavy atom. The summed E-state index contributed by atoms with van der Waals surface area (Å²) in [5.41, 5.74) is 6.83. The normalized spacial score (nSPS) is 24.7. The van der Waals surface area contributed by atoms with Crippen LogP contribution >= 0.6 is 0 Å². The number of hydrogen-bond acceptors (Lipinski definition) is 5. The van der Waals surface area contributed by atoms with Crippen LogP contribution in [0, 0.1) is 5.92 Å². The van der Waals surface area contributed by atoms with E-state index < -0.39 is 29.9 Å². The van der Waals surface area contributed by atoms with E-state index in [0.717, 1.165) is 24.3 Å². The minimum absolute atomic E-state index is 0.0294. The van der Waals surface area contributed by atoms with E-state index in [1.807, 2.05) is 51.1 Å². The molecule has 3 rings (SSSR count). The first-order valence-electron chi connectivity index (χ1n) is 12.3. The van der Waals surface area contributed by atoms with Crippen LogP contribution in [-0.4, -0.2) is 59.1 Å². The Hall–Kier alpha value is -1.63. The molecular weight excluding hydrogens is 404 g/mol. The molecule has 3 N–H and O–H groups in total. The molecule has 0 unspecified atom stereocenters. The summed E-state index contributed by atoms with van der Waals surface area (Å²) >= 11 is 0. The van der Waals surface area contributed by atoms with Gasteiger partial charge in [0, 0.05) is 6.04 Å². The van der Waals surface area contributed by atoms with E-state index in [1.165, 1.54) is 32.1 Å². The predicted octanol–water partition coefficient (Wildman–Crippen LogP) is 4.28. The third kappa shape index (κ3) is 7.46. The fourth-order valence-corrected chi connectivity index (χ4v) is 4.91. The Kier molecular flexibility index (Phi) is 8.97. The number of morpholine rings is 1. The van der Waals surface area contributed by atoms with E-state index in [1.54, 1.807) is 4.90 Å². The molecule has 1 heterocycles. The first-order valence-corrected chi connectivity index (χ1v) is 12.3. The number of nitrogens with zero attached hydrogens (tertiary/aromatic N) is 1. The van der Waals surface area contributed by atoms with Gasteiger partial charge in [-0.05, 0) is 51.5 Å². The summed E-state index contributed by atoms with van der Waals surface area (Å²) in [6, 6.07) is 8.85. The number of rotatable bonds is 7. The summed E-state index contributed by atoms with van der Waals surface area (Å²) in [5.74, 6) is 0.768. The van der Waals surface area contributed by atoms with Gasteiger partial charge in [-0.3, -0.25) is 4.90 Å². The van der Waals surface area contributed by atoms with Crippen molar-refractivity contribution in [2.45, 2.75) is 102 Å². The summed E-state index contributed by atoms with van der Waals surface area (Å²) in [5, 5.41) is 11.1. The third-order valence-electron chi connectivity index (χ3n) is 6.70. The molecule has 1 aliphatic carbocycles. The lowest BCUT2D eigenvalue weighted by Crippen LogP contribution is -2.61. The summed E-state index contributed by atoms with van der Waals surface area (Å²) in [6.45, 7) is 6.29. The maximum absolute atomic E-state index is 13.1. The van der Waals surface area contributed by atoms with Crippen molar-refractivity contribution in [1.82, 2.24) is 4.90 Å². The van der Waals surface area contributed by atoms with Crippen LogP contribution in [0.5, 0.6) is 0 Å². The molecule has 0 spiro atoms. The van der Waals surface area contributed by atoms with Gasteiger partial charge in [-0.15, -0.1) is 0 Å². The average Bonchev–Trinajstić information content (AvgIpc) is 2.77. The van der Waals surface area contributed by atoms with Gasteiger partial charge in [0.15, 0.2) is 0 Å². The number of amides is 1. The van der Waals surface area contributed by atoms with Crippen LogP contribution in [0.4, 0.5) is 4.79 Å². The van der Waals surface area contributed by atoms with Gasteiger partial charge in [0.05, 0.1) is 31.4 Å². The van der Waals surface area contributed by atoms with Crippen LogP contribution in [0.3, 0.4) is 0 Å². The van der Waals surface area contributed by atoms with E-state index >= 15 is 0 Å². The molecule has 32 heavy (non-hydrogen) atoms. The van der Waals surface area contributed by atoms with Crippen LogP contribution in [0.2, 0.25) is 0 Å². The highest BCUT2D eigenvalue weighted by Gasteiger charge is 2.40. The van der Waals surface area contributed by atoms with Gasteiger partial charge >= 0.3 is 6.09 Å². The van der Waals surface area contributed by atoms with E-state index in [9.17, 15) is 9.90 Å². The smallest absolute Gasteiger partial charge is 0.410 e. The second kappa shape index (κ2) is 11.5. The van der Waals surface area contributed by atoms with E-state index in [4.69, 9.17) is 15.2 Å². The number of aliphatic hydroxyl groups excluding tert-OH is 1. The van der Waals surface area contributed by atoms with E-state index in [2.05, 4.69) is 0 Å². The van der Waals surface area contributed by atoms with Crippen molar-refractivity contribution < 1.29 is 19.4 Å². The minimum Gasteiger partial charge on any atom is -0.444 e. The van der Waals surface area contributed by atoms with Crippen LogP contribution in [0.1, 0.15) is 71.3 Å². The van der Waals surface area contributed by atoms with Gasteiger partial charge in [0.2, 0.25) is 0 Å². The van der Waals surface area contributed by atoms with Crippen molar-refractivity contribution in [2.24, 2.45) is 11.7 Å². The summed E-state index contributed by atoms with van der Waals surface area (Å²) < 4.78 is 11.8. The van der Waals surface area contributed by atoms with Crippen molar-refractivity contribution in [3.05, 3.63) is 35.9 Å². The summed E-state index contributed by atoms with van der Waals surface area (Å²) in [4.78, 5) is 14.7. The van der Waals surface area contributed by atoms with Gasteiger partial charge in [0.25, 0.3) is 0 Å². The van der Waals surface area contributed by atoms with Gasteiger partial charge in [0.1, 0.15) is 5.60 Å². The van der Waals surface area contributed by atoms with Crippen molar-refractivity contribution in [2.75, 3.05) is 13.2 Å². The van der Waals surface area contributed by atoms with Crippen molar-refractivity contribution in [1.29, 1.82) is 0 Å². The fourth-order valence-electron chi connectivity index (χ4n) is 4.91. The number of ether oxygens (including phenoxy) is 2. The molecule has 1 aromatic carbocycles. The topological polar surface area (TPSA) is 85.0 Å². The Bertz CT molecular complexity index is 700. The number of aliphatic hydroxyl groups is 1. The zero-order chi connectivity index (χ0) is 23.1. The molecule has 1 saturated heterocycles. The highest BCUT2D eigenvalue weighted by molar-refractivity contribution is 5.69. The van der Waals surface area contributed by atoms with Crippen molar-refractivity contribution in [3.8, 4) is 0 Å². The molecule has 6 nitrogen and oxygen atoms in total. The van der Waals surface area contributed by atoms with Crippen LogP contribution in [0.15, 0.2) is 30.3 Å². The molecule has 2 aliphatic rings. The second-order valence-corrected chi connectivity index (χ2v) is 10.6. The molecule has 1 aromatic rings. The first-order chi connectivity index (χ1) is 15.2. The van der Waals surface area contributed by atoms with Crippen LogP contribution < -0.4 is 5.73 Å². The number of carbonyl (C=O) groups excluding carboxylic acids is 1.